The summed E-state index contributed by atoms with van der Waals surface area (Å²) in [6.45, 7) is 5.62. The zero-order valence-electron chi connectivity index (χ0n) is 12.2. The summed E-state index contributed by atoms with van der Waals surface area (Å²) in [6.07, 6.45) is 2.68. The fourth-order valence-electron chi connectivity index (χ4n) is 2.61. The van der Waals surface area contributed by atoms with Crippen molar-refractivity contribution in [2.45, 2.75) is 39.2 Å². The van der Waals surface area contributed by atoms with Gasteiger partial charge in [-0.2, -0.15) is 0 Å². The Bertz CT molecular complexity index is 470. The molecule has 2 rings (SSSR count). The number of carbonyl (C=O) groups excluding carboxylic acids is 1. The molecule has 1 heterocycles. The van der Waals surface area contributed by atoms with Crippen LogP contribution in [0.25, 0.3) is 0 Å². The van der Waals surface area contributed by atoms with Gasteiger partial charge >= 0.3 is 0 Å². The molecule has 3 nitrogen and oxygen atoms in total. The molecule has 1 aromatic carbocycles. The molecule has 0 aliphatic carbocycles. The smallest absolute Gasteiger partial charge is 0.220 e. The maximum Gasteiger partial charge on any atom is 0.220 e. The van der Waals surface area contributed by atoms with Gasteiger partial charge in [-0.1, -0.05) is 12.1 Å². The monoisotopic (exact) mass is 278 g/mol. The number of aryl methyl sites for hydroxylation is 1. The minimum absolute atomic E-state index is 0.0605. The number of amides is 1. The minimum atomic E-state index is -0.220. The molecule has 110 valence electrons. The number of hydrogen-bond donors (Lipinski definition) is 2. The maximum atomic E-state index is 13.5. The Hall–Kier alpha value is -1.42. The van der Waals surface area contributed by atoms with Crippen molar-refractivity contribution in [2.75, 3.05) is 13.1 Å². The molecule has 20 heavy (non-hydrogen) atoms. The molecule has 0 spiro atoms. The SMILES string of the molecule is Cc1ccc(C(C)NC(=O)CC2CCNCC2)cc1F. The van der Waals surface area contributed by atoms with Gasteiger partial charge in [0.2, 0.25) is 5.91 Å². The lowest BCUT2D eigenvalue weighted by Crippen LogP contribution is -2.33. The van der Waals surface area contributed by atoms with Crippen LogP contribution < -0.4 is 10.6 Å². The second kappa shape index (κ2) is 6.84. The van der Waals surface area contributed by atoms with Crippen LogP contribution in [0.2, 0.25) is 0 Å². The standard InChI is InChI=1S/C16H23FN2O/c1-11-3-4-14(10-15(11)17)12(2)19-16(20)9-13-5-7-18-8-6-13/h3-4,10,12-13,18H,5-9H2,1-2H3,(H,19,20). The van der Waals surface area contributed by atoms with E-state index in [1.54, 1.807) is 13.0 Å². The normalized spacial score (nSPS) is 17.8. The first-order chi connectivity index (χ1) is 9.56. The lowest BCUT2D eigenvalue weighted by molar-refractivity contribution is -0.122. The Kier molecular flexibility index (Phi) is 5.12. The number of carbonyl (C=O) groups is 1. The summed E-state index contributed by atoms with van der Waals surface area (Å²) >= 11 is 0. The zero-order chi connectivity index (χ0) is 14.5. The lowest BCUT2D eigenvalue weighted by Gasteiger charge is -2.23. The number of nitrogens with one attached hydrogen (secondary N) is 2. The van der Waals surface area contributed by atoms with Gasteiger partial charge in [0.05, 0.1) is 6.04 Å². The molecule has 1 unspecified atom stereocenters. The zero-order valence-corrected chi connectivity index (χ0v) is 12.2. The molecular formula is C16H23FN2O. The molecule has 1 saturated heterocycles. The molecule has 0 aromatic heterocycles. The van der Waals surface area contributed by atoms with Crippen molar-refractivity contribution in [1.29, 1.82) is 0 Å². The highest BCUT2D eigenvalue weighted by atomic mass is 19.1. The Labute approximate surface area is 120 Å². The van der Waals surface area contributed by atoms with Crippen molar-refractivity contribution >= 4 is 5.91 Å². The molecule has 2 N–H and O–H groups in total. The quantitative estimate of drug-likeness (QED) is 0.889. The second-order valence-electron chi connectivity index (χ2n) is 5.70. The molecule has 0 radical (unpaired) electrons. The Morgan fingerprint density at radius 3 is 2.80 bits per heavy atom. The van der Waals surface area contributed by atoms with Gasteiger partial charge in [0, 0.05) is 6.42 Å². The van der Waals surface area contributed by atoms with Gasteiger partial charge in [-0.25, -0.2) is 4.39 Å². The van der Waals surface area contributed by atoms with E-state index >= 15 is 0 Å². The van der Waals surface area contributed by atoms with Crippen molar-refractivity contribution in [3.8, 4) is 0 Å². The van der Waals surface area contributed by atoms with E-state index in [2.05, 4.69) is 10.6 Å². The van der Waals surface area contributed by atoms with Gasteiger partial charge in [0.1, 0.15) is 5.82 Å². The van der Waals surface area contributed by atoms with E-state index in [0.29, 0.717) is 17.9 Å². The molecule has 1 aliphatic heterocycles. The number of rotatable bonds is 4. The molecule has 1 atom stereocenters. The topological polar surface area (TPSA) is 41.1 Å². The van der Waals surface area contributed by atoms with Gasteiger partial charge in [-0.05, 0) is 62.9 Å². The predicted octanol–water partition coefficient (Wildman–Crippen LogP) is 2.70. The van der Waals surface area contributed by atoms with E-state index in [0.717, 1.165) is 31.5 Å². The van der Waals surface area contributed by atoms with Crippen LogP contribution in [0.15, 0.2) is 18.2 Å². The van der Waals surface area contributed by atoms with Crippen LogP contribution in [0.1, 0.15) is 43.4 Å². The van der Waals surface area contributed by atoms with Gasteiger partial charge in [0.25, 0.3) is 0 Å². The van der Waals surface area contributed by atoms with Crippen LogP contribution >= 0.6 is 0 Å². The summed E-state index contributed by atoms with van der Waals surface area (Å²) in [4.78, 5) is 12.0. The van der Waals surface area contributed by atoms with Crippen LogP contribution in [0.4, 0.5) is 4.39 Å². The van der Waals surface area contributed by atoms with Crippen molar-refractivity contribution < 1.29 is 9.18 Å². The number of halogens is 1. The molecule has 4 heteroatoms. The Morgan fingerprint density at radius 1 is 1.45 bits per heavy atom. The van der Waals surface area contributed by atoms with Gasteiger partial charge in [-0.3, -0.25) is 4.79 Å². The van der Waals surface area contributed by atoms with Gasteiger partial charge < -0.3 is 10.6 Å². The summed E-state index contributed by atoms with van der Waals surface area (Å²) in [7, 11) is 0. The number of benzene rings is 1. The Morgan fingerprint density at radius 2 is 2.15 bits per heavy atom. The van der Waals surface area contributed by atoms with Crippen LogP contribution in [0.3, 0.4) is 0 Å². The van der Waals surface area contributed by atoms with Crippen molar-refractivity contribution in [3.63, 3.8) is 0 Å². The van der Waals surface area contributed by atoms with Crippen LogP contribution in [-0.2, 0) is 4.79 Å². The first kappa shape index (κ1) is 15.0. The summed E-state index contributed by atoms with van der Waals surface area (Å²) in [5.41, 5.74) is 1.44. The first-order valence-corrected chi connectivity index (χ1v) is 7.32. The molecule has 0 bridgehead atoms. The van der Waals surface area contributed by atoms with Crippen LogP contribution in [0.5, 0.6) is 0 Å². The molecule has 0 saturated carbocycles. The Balaban J connectivity index is 1.87. The highest BCUT2D eigenvalue weighted by Gasteiger charge is 2.18. The van der Waals surface area contributed by atoms with E-state index < -0.39 is 0 Å². The molecular weight excluding hydrogens is 255 g/mol. The van der Waals surface area contributed by atoms with E-state index in [-0.39, 0.29) is 17.8 Å². The lowest BCUT2D eigenvalue weighted by atomic mass is 9.94. The first-order valence-electron chi connectivity index (χ1n) is 7.32. The summed E-state index contributed by atoms with van der Waals surface area (Å²) in [6, 6.07) is 4.97. The summed E-state index contributed by atoms with van der Waals surface area (Å²) in [5.74, 6) is 0.311. The predicted molar refractivity (Wildman–Crippen MR) is 77.9 cm³/mol. The van der Waals surface area contributed by atoms with Crippen molar-refractivity contribution in [3.05, 3.63) is 35.1 Å². The van der Waals surface area contributed by atoms with Crippen molar-refractivity contribution in [1.82, 2.24) is 10.6 Å². The maximum absolute atomic E-state index is 13.5. The van der Waals surface area contributed by atoms with E-state index in [9.17, 15) is 9.18 Å². The largest absolute Gasteiger partial charge is 0.350 e. The van der Waals surface area contributed by atoms with E-state index in [1.807, 2.05) is 13.0 Å². The summed E-state index contributed by atoms with van der Waals surface area (Å²) < 4.78 is 13.5. The van der Waals surface area contributed by atoms with E-state index in [4.69, 9.17) is 0 Å². The highest BCUT2D eigenvalue weighted by Crippen LogP contribution is 2.19. The molecule has 1 aromatic rings. The average Bonchev–Trinajstić information content (AvgIpc) is 2.42. The second-order valence-corrected chi connectivity index (χ2v) is 5.70. The van der Waals surface area contributed by atoms with Crippen molar-refractivity contribution in [2.24, 2.45) is 5.92 Å². The average molecular weight is 278 g/mol. The van der Waals surface area contributed by atoms with Crippen LogP contribution in [0, 0.1) is 18.7 Å². The fraction of sp³-hybridized carbons (Fsp3) is 0.562. The molecule has 1 fully saturated rings. The molecule has 1 aliphatic rings. The van der Waals surface area contributed by atoms with E-state index in [1.165, 1.54) is 6.07 Å². The third-order valence-electron chi connectivity index (χ3n) is 4.01. The number of piperidine rings is 1. The third kappa shape index (κ3) is 4.04. The van der Waals surface area contributed by atoms with Gasteiger partial charge in [-0.15, -0.1) is 0 Å². The summed E-state index contributed by atoms with van der Waals surface area (Å²) in [5, 5.41) is 6.26. The van der Waals surface area contributed by atoms with Gasteiger partial charge in [0.15, 0.2) is 0 Å². The number of hydrogen-bond acceptors (Lipinski definition) is 2. The minimum Gasteiger partial charge on any atom is -0.350 e. The third-order valence-corrected chi connectivity index (χ3v) is 4.01. The molecule has 1 amide bonds. The van der Waals surface area contributed by atoms with Crippen LogP contribution in [-0.4, -0.2) is 19.0 Å². The fourth-order valence-corrected chi connectivity index (χ4v) is 2.61. The highest BCUT2D eigenvalue weighted by molar-refractivity contribution is 5.76.